The molecule has 0 aromatic heterocycles. The summed E-state index contributed by atoms with van der Waals surface area (Å²) in [4.78, 5) is 22.0. The number of benzene rings is 1. The molecule has 0 aliphatic rings. The molecule has 0 atom stereocenters. The van der Waals surface area contributed by atoms with Gasteiger partial charge in [-0.3, -0.25) is 9.59 Å². The van der Waals surface area contributed by atoms with Gasteiger partial charge >= 0.3 is 12.4 Å². The zero-order chi connectivity index (χ0) is 16.4. The molecule has 0 fully saturated rings. The number of Topliss-reactive ketones (excluding diaryl/α,β-unsaturated/α-hetero) is 2. The Morgan fingerprint density at radius 2 is 1.24 bits per heavy atom. The Balaban J connectivity index is 3.35. The summed E-state index contributed by atoms with van der Waals surface area (Å²) in [6.07, 6.45) is -11.0. The Bertz CT molecular complexity index is 555. The van der Waals surface area contributed by atoms with Gasteiger partial charge in [-0.15, -0.1) is 0 Å². The number of ketones is 2. The average molecular weight is 331 g/mol. The van der Waals surface area contributed by atoms with Gasteiger partial charge in [-0.25, -0.2) is 0 Å². The number of alkyl halides is 6. The second-order valence-electron chi connectivity index (χ2n) is 3.76. The first-order chi connectivity index (χ1) is 9.43. The van der Waals surface area contributed by atoms with E-state index in [0.717, 1.165) is 12.1 Å². The summed E-state index contributed by atoms with van der Waals surface area (Å²) in [5.41, 5.74) is -2.21. The van der Waals surface area contributed by atoms with Gasteiger partial charge in [0, 0.05) is 5.02 Å². The van der Waals surface area contributed by atoms with Crippen LogP contribution >= 0.6 is 11.6 Å². The van der Waals surface area contributed by atoms with E-state index in [1.807, 2.05) is 0 Å². The summed E-state index contributed by atoms with van der Waals surface area (Å²) in [7, 11) is 0. The van der Waals surface area contributed by atoms with E-state index >= 15 is 0 Å². The van der Waals surface area contributed by atoms with Gasteiger partial charge in [0.2, 0.25) is 0 Å². The maximum atomic E-state index is 12.3. The lowest BCUT2D eigenvalue weighted by Gasteiger charge is -2.11. The van der Waals surface area contributed by atoms with E-state index in [9.17, 15) is 35.9 Å². The molecule has 1 aromatic rings. The number of carbonyl (C=O) groups excluding carboxylic acids is 2. The van der Waals surface area contributed by atoms with Crippen LogP contribution < -0.4 is 0 Å². The van der Waals surface area contributed by atoms with Crippen LogP contribution in [0.25, 0.3) is 6.08 Å². The lowest BCUT2D eigenvalue weighted by Crippen LogP contribution is -2.34. The predicted octanol–water partition coefficient (Wildman–Crippen LogP) is 3.99. The molecule has 21 heavy (non-hydrogen) atoms. The molecular weight excluding hydrogens is 326 g/mol. The quantitative estimate of drug-likeness (QED) is 0.363. The summed E-state index contributed by atoms with van der Waals surface area (Å²) >= 11 is 5.50. The van der Waals surface area contributed by atoms with Crippen molar-refractivity contribution < 1.29 is 35.9 Å². The van der Waals surface area contributed by atoms with Crippen LogP contribution in [-0.2, 0) is 9.59 Å². The van der Waals surface area contributed by atoms with Crippen molar-refractivity contribution in [1.29, 1.82) is 0 Å². The zero-order valence-electron chi connectivity index (χ0n) is 9.85. The minimum Gasteiger partial charge on any atom is -0.284 e. The van der Waals surface area contributed by atoms with Crippen molar-refractivity contribution in [3.8, 4) is 0 Å². The first-order valence-electron chi connectivity index (χ1n) is 5.13. The third kappa shape index (κ3) is 4.59. The second kappa shape index (κ2) is 5.88. The SMILES string of the molecule is O=C(C(=Cc1ccc(Cl)cc1)C(=O)C(F)(F)F)C(F)(F)F. The molecule has 0 N–H and O–H groups in total. The molecule has 0 unspecified atom stereocenters. The van der Waals surface area contributed by atoms with Crippen LogP contribution in [0.3, 0.4) is 0 Å². The van der Waals surface area contributed by atoms with E-state index < -0.39 is 29.5 Å². The summed E-state index contributed by atoms with van der Waals surface area (Å²) in [6.45, 7) is 0. The Kier molecular flexibility index (Phi) is 4.83. The van der Waals surface area contributed by atoms with E-state index in [-0.39, 0.29) is 16.7 Å². The van der Waals surface area contributed by atoms with Gasteiger partial charge in [0.15, 0.2) is 0 Å². The minimum atomic E-state index is -5.60. The molecule has 0 amide bonds. The molecule has 0 radical (unpaired) electrons. The van der Waals surface area contributed by atoms with Crippen LogP contribution in [0.5, 0.6) is 0 Å². The molecule has 0 heterocycles. The van der Waals surface area contributed by atoms with Crippen LogP contribution in [0.1, 0.15) is 5.56 Å². The van der Waals surface area contributed by atoms with Crippen LogP contribution in [0, 0.1) is 0 Å². The highest BCUT2D eigenvalue weighted by atomic mass is 35.5. The Morgan fingerprint density at radius 1 is 0.857 bits per heavy atom. The summed E-state index contributed by atoms with van der Waals surface area (Å²) in [5.74, 6) is -5.72. The van der Waals surface area contributed by atoms with Gasteiger partial charge in [-0.1, -0.05) is 23.7 Å². The van der Waals surface area contributed by atoms with Crippen molar-refractivity contribution in [3.05, 3.63) is 40.4 Å². The fraction of sp³-hybridized carbons (Fsp3) is 0.167. The number of carbonyl (C=O) groups is 2. The van der Waals surface area contributed by atoms with Gasteiger partial charge < -0.3 is 0 Å². The molecule has 0 spiro atoms. The van der Waals surface area contributed by atoms with E-state index in [1.165, 1.54) is 12.1 Å². The molecule has 0 bridgehead atoms. The van der Waals surface area contributed by atoms with Gasteiger partial charge in [-0.2, -0.15) is 26.3 Å². The number of hydrogen-bond acceptors (Lipinski definition) is 2. The molecule has 1 aromatic carbocycles. The average Bonchev–Trinajstić information content (AvgIpc) is 2.34. The van der Waals surface area contributed by atoms with Gasteiger partial charge in [0.1, 0.15) is 0 Å². The number of rotatable bonds is 3. The summed E-state index contributed by atoms with van der Waals surface area (Å²) in [6, 6.07) is 4.49. The smallest absolute Gasteiger partial charge is 0.284 e. The number of allylic oxidation sites excluding steroid dienone is 1. The minimum absolute atomic E-state index is 0.179. The molecule has 0 saturated heterocycles. The summed E-state index contributed by atoms with van der Waals surface area (Å²) < 4.78 is 73.7. The van der Waals surface area contributed by atoms with Crippen molar-refractivity contribution in [1.82, 2.24) is 0 Å². The molecule has 114 valence electrons. The van der Waals surface area contributed by atoms with Crippen molar-refractivity contribution in [2.75, 3.05) is 0 Å². The first kappa shape index (κ1) is 17.2. The highest BCUT2D eigenvalue weighted by molar-refractivity contribution is 6.30. The van der Waals surface area contributed by atoms with Crippen molar-refractivity contribution in [2.24, 2.45) is 0 Å². The lowest BCUT2D eigenvalue weighted by atomic mass is 10.0. The number of hydrogen-bond donors (Lipinski definition) is 0. The molecule has 0 saturated carbocycles. The van der Waals surface area contributed by atoms with Crippen molar-refractivity contribution >= 4 is 29.2 Å². The fourth-order valence-electron chi connectivity index (χ4n) is 1.27. The van der Waals surface area contributed by atoms with Crippen LogP contribution in [0.2, 0.25) is 5.02 Å². The zero-order valence-corrected chi connectivity index (χ0v) is 10.6. The standard InChI is InChI=1S/C12H5ClF6O2/c13-7-3-1-6(2-4-7)5-8(9(20)11(14,15)16)10(21)12(17,18)19/h1-5H. The number of halogens is 7. The largest absolute Gasteiger partial charge is 0.455 e. The second-order valence-corrected chi connectivity index (χ2v) is 4.20. The first-order valence-corrected chi connectivity index (χ1v) is 5.51. The maximum Gasteiger partial charge on any atom is 0.455 e. The van der Waals surface area contributed by atoms with Gasteiger partial charge in [0.25, 0.3) is 11.6 Å². The highest BCUT2D eigenvalue weighted by Crippen LogP contribution is 2.28. The third-order valence-electron chi connectivity index (χ3n) is 2.19. The topological polar surface area (TPSA) is 34.1 Å². The lowest BCUT2D eigenvalue weighted by molar-refractivity contribution is -0.175. The normalized spacial score (nSPS) is 12.0. The van der Waals surface area contributed by atoms with E-state index in [4.69, 9.17) is 11.6 Å². The van der Waals surface area contributed by atoms with E-state index in [0.29, 0.717) is 0 Å². The Morgan fingerprint density at radius 3 is 1.57 bits per heavy atom. The highest BCUT2D eigenvalue weighted by Gasteiger charge is 2.50. The van der Waals surface area contributed by atoms with Crippen LogP contribution in [0.15, 0.2) is 29.8 Å². The molecule has 0 aliphatic heterocycles. The predicted molar refractivity (Wildman–Crippen MR) is 61.6 cm³/mol. The fourth-order valence-corrected chi connectivity index (χ4v) is 1.39. The van der Waals surface area contributed by atoms with Crippen molar-refractivity contribution in [3.63, 3.8) is 0 Å². The Labute approximate surface area is 119 Å². The molecule has 9 heteroatoms. The van der Waals surface area contributed by atoms with Gasteiger partial charge in [0.05, 0.1) is 5.57 Å². The van der Waals surface area contributed by atoms with Crippen molar-refractivity contribution in [2.45, 2.75) is 12.4 Å². The van der Waals surface area contributed by atoms with E-state index in [2.05, 4.69) is 0 Å². The van der Waals surface area contributed by atoms with Crippen LogP contribution in [-0.4, -0.2) is 23.9 Å². The monoisotopic (exact) mass is 330 g/mol. The van der Waals surface area contributed by atoms with E-state index in [1.54, 1.807) is 0 Å². The maximum absolute atomic E-state index is 12.3. The molecule has 0 aliphatic carbocycles. The Hall–Kier alpha value is -1.83. The molecular formula is C12H5ClF6O2. The van der Waals surface area contributed by atoms with Crippen LogP contribution in [0.4, 0.5) is 26.3 Å². The molecule has 2 nitrogen and oxygen atoms in total. The summed E-state index contributed by atoms with van der Waals surface area (Å²) in [5, 5.41) is 0.179. The molecule has 1 rings (SSSR count). The van der Waals surface area contributed by atoms with Gasteiger partial charge in [-0.05, 0) is 23.8 Å². The third-order valence-corrected chi connectivity index (χ3v) is 2.44.